The average molecular weight is 278 g/mol. The van der Waals surface area contributed by atoms with Crippen LogP contribution >= 0.6 is 8.58 Å². The summed E-state index contributed by atoms with van der Waals surface area (Å²) in [5.74, 6) is 0.853. The van der Waals surface area contributed by atoms with Gasteiger partial charge in [0.15, 0.2) is 0 Å². The molecule has 0 aliphatic carbocycles. The largest absolute Gasteiger partial charge is 1.00 e. The van der Waals surface area contributed by atoms with E-state index in [9.17, 15) is 4.79 Å². The van der Waals surface area contributed by atoms with E-state index in [4.69, 9.17) is 4.74 Å². The molecular weight excluding hydrogens is 262 g/mol. The second-order valence-electron chi connectivity index (χ2n) is 4.16. The van der Waals surface area contributed by atoms with Crippen molar-refractivity contribution < 1.29 is 28.4 Å². The van der Waals surface area contributed by atoms with Gasteiger partial charge in [-0.1, -0.05) is 42.0 Å². The zero-order valence-electron chi connectivity index (χ0n) is 12.1. The van der Waals surface area contributed by atoms with Crippen molar-refractivity contribution in [3.05, 3.63) is 59.7 Å². The molecule has 0 unspecified atom stereocenters. The van der Waals surface area contributed by atoms with Crippen LogP contribution in [0.15, 0.2) is 48.5 Å². The fourth-order valence-corrected chi connectivity index (χ4v) is 2.65. The number of benzene rings is 2. The summed E-state index contributed by atoms with van der Waals surface area (Å²) >= 11 is 0. The Morgan fingerprint density at radius 1 is 1.15 bits per heavy atom. The van der Waals surface area contributed by atoms with Crippen molar-refractivity contribution >= 4 is 19.4 Å². The van der Waals surface area contributed by atoms with Crippen LogP contribution in [0.4, 0.5) is 0 Å². The van der Waals surface area contributed by atoms with E-state index >= 15 is 0 Å². The van der Waals surface area contributed by atoms with Gasteiger partial charge in [-0.05, 0) is 31.5 Å². The van der Waals surface area contributed by atoms with E-state index in [1.807, 2.05) is 62.4 Å². The van der Waals surface area contributed by atoms with Gasteiger partial charge in [0, 0.05) is 5.52 Å². The van der Waals surface area contributed by atoms with E-state index < -0.39 is 0 Å². The number of aryl methyl sites for hydroxylation is 1. The van der Waals surface area contributed by atoms with Crippen molar-refractivity contribution in [1.82, 2.24) is 0 Å². The molecule has 2 aromatic rings. The summed E-state index contributed by atoms with van der Waals surface area (Å²) in [6.45, 7) is 4.61. The Labute approximate surface area is 133 Å². The van der Waals surface area contributed by atoms with Gasteiger partial charge in [0.2, 0.25) is 0 Å². The molecule has 0 saturated carbocycles. The first kappa shape index (κ1) is 17.0. The molecule has 2 aromatic carbocycles. The minimum Gasteiger partial charge on any atom is -0.494 e. The molecule has 0 N–H and O–H groups in total. The molecule has 0 amide bonds. The zero-order valence-corrected chi connectivity index (χ0v) is 13.0. The quantitative estimate of drug-likeness (QED) is 0.597. The Morgan fingerprint density at radius 3 is 2.45 bits per heavy atom. The first-order valence-electron chi connectivity index (χ1n) is 6.25. The van der Waals surface area contributed by atoms with E-state index in [2.05, 4.69) is 0 Å². The molecule has 20 heavy (non-hydrogen) atoms. The van der Waals surface area contributed by atoms with Crippen LogP contribution in [-0.4, -0.2) is 12.1 Å². The van der Waals surface area contributed by atoms with Crippen LogP contribution in [0.5, 0.6) is 5.75 Å². The third kappa shape index (κ3) is 4.49. The Hall–Kier alpha value is -1.06. The molecule has 2 rings (SSSR count). The Kier molecular flexibility index (Phi) is 7.03. The van der Waals surface area contributed by atoms with Gasteiger partial charge >= 0.3 is 18.9 Å². The van der Waals surface area contributed by atoms with Crippen molar-refractivity contribution in [1.29, 1.82) is 0 Å². The molecule has 0 saturated heterocycles. The van der Waals surface area contributed by atoms with Crippen LogP contribution in [0.1, 0.15) is 22.8 Å². The number of carbonyl (C=O) groups excluding carboxylic acids is 1. The van der Waals surface area contributed by atoms with Gasteiger partial charge in [0.1, 0.15) is 5.75 Å². The predicted molar refractivity (Wildman–Crippen MR) is 79.7 cm³/mol. The minimum absolute atomic E-state index is 0. The van der Waals surface area contributed by atoms with Gasteiger partial charge in [-0.2, -0.15) is 5.30 Å². The SMILES string of the molecule is CCOc1ccc([P-]C(=O)c2ccccc2)c(C)c1.[Li+]. The van der Waals surface area contributed by atoms with Gasteiger partial charge in [0.05, 0.1) is 6.61 Å². The maximum atomic E-state index is 12.1. The molecule has 98 valence electrons. The molecule has 2 nitrogen and oxygen atoms in total. The van der Waals surface area contributed by atoms with Crippen LogP contribution < -0.4 is 28.9 Å². The molecular formula is C16H16LiO2P. The number of rotatable bonds is 5. The second kappa shape index (κ2) is 8.27. The fourth-order valence-electron chi connectivity index (χ4n) is 1.76. The third-order valence-electron chi connectivity index (χ3n) is 2.72. The topological polar surface area (TPSA) is 26.3 Å². The molecule has 0 bridgehead atoms. The third-order valence-corrected chi connectivity index (χ3v) is 3.93. The monoisotopic (exact) mass is 278 g/mol. The standard InChI is InChI=1S/C16H16O2P.Li/c1-3-18-14-9-10-15(12(2)11-14)19-16(17)13-7-5-4-6-8-13;/h4-11H,3H2,1-2H3;/q-1;+1. The number of ether oxygens (including phenoxy) is 1. The van der Waals surface area contributed by atoms with Crippen molar-refractivity contribution in [3.63, 3.8) is 0 Å². The Balaban J connectivity index is 0.00000200. The molecule has 4 heteroatoms. The van der Waals surface area contributed by atoms with Gasteiger partial charge in [-0.15, -0.1) is 0 Å². The summed E-state index contributed by atoms with van der Waals surface area (Å²) in [7, 11) is 0.707. The normalized spacial score (nSPS) is 10.3. The summed E-state index contributed by atoms with van der Waals surface area (Å²) in [5.41, 5.74) is 1.95. The van der Waals surface area contributed by atoms with Crippen molar-refractivity contribution in [2.75, 3.05) is 6.61 Å². The zero-order chi connectivity index (χ0) is 13.7. The van der Waals surface area contributed by atoms with Gasteiger partial charge in [-0.25, -0.2) is 0 Å². The summed E-state index contributed by atoms with van der Waals surface area (Å²) in [5, 5.41) is 1.03. The van der Waals surface area contributed by atoms with Gasteiger partial charge in [-0.3, -0.25) is 0 Å². The average Bonchev–Trinajstić information content (AvgIpc) is 2.43. The summed E-state index contributed by atoms with van der Waals surface area (Å²) in [4.78, 5) is 12.1. The van der Waals surface area contributed by atoms with E-state index in [1.165, 1.54) is 0 Å². The van der Waals surface area contributed by atoms with E-state index in [0.29, 0.717) is 15.2 Å². The summed E-state index contributed by atoms with van der Waals surface area (Å²) < 4.78 is 5.44. The van der Waals surface area contributed by atoms with Gasteiger partial charge in [0.25, 0.3) is 0 Å². The van der Waals surface area contributed by atoms with Crippen molar-refractivity contribution in [2.45, 2.75) is 13.8 Å². The molecule has 0 aliphatic heterocycles. The summed E-state index contributed by atoms with van der Waals surface area (Å²) in [6.07, 6.45) is 0. The smallest absolute Gasteiger partial charge is 0.494 e. The maximum absolute atomic E-state index is 12.1. The van der Waals surface area contributed by atoms with Gasteiger partial charge < -0.3 is 18.1 Å². The molecule has 0 fully saturated rings. The number of hydrogen-bond acceptors (Lipinski definition) is 2. The van der Waals surface area contributed by atoms with Crippen LogP contribution in [0, 0.1) is 6.92 Å². The molecule has 0 aromatic heterocycles. The Bertz CT molecular complexity index is 570. The summed E-state index contributed by atoms with van der Waals surface area (Å²) in [6, 6.07) is 15.2. The first-order chi connectivity index (χ1) is 9.20. The fraction of sp³-hybridized carbons (Fsp3) is 0.188. The van der Waals surface area contributed by atoms with E-state index in [0.717, 1.165) is 22.2 Å². The molecule has 0 aliphatic rings. The predicted octanol–water partition coefficient (Wildman–Crippen LogP) is 0.810. The van der Waals surface area contributed by atoms with Crippen LogP contribution in [0.25, 0.3) is 0 Å². The molecule has 0 radical (unpaired) electrons. The first-order valence-corrected chi connectivity index (χ1v) is 7.14. The molecule has 0 spiro atoms. The van der Waals surface area contributed by atoms with Crippen LogP contribution in [0.3, 0.4) is 0 Å². The van der Waals surface area contributed by atoms with Crippen molar-refractivity contribution in [2.24, 2.45) is 0 Å². The van der Waals surface area contributed by atoms with Crippen LogP contribution in [0.2, 0.25) is 0 Å². The number of carbonyl (C=O) groups is 1. The molecule has 0 atom stereocenters. The number of hydrogen-bond donors (Lipinski definition) is 0. The van der Waals surface area contributed by atoms with E-state index in [1.54, 1.807) is 0 Å². The maximum Gasteiger partial charge on any atom is 1.00 e. The molecule has 0 heterocycles. The Morgan fingerprint density at radius 2 is 1.85 bits per heavy atom. The van der Waals surface area contributed by atoms with E-state index in [-0.39, 0.29) is 24.4 Å². The minimum atomic E-state index is 0. The van der Waals surface area contributed by atoms with Crippen molar-refractivity contribution in [3.8, 4) is 5.75 Å². The van der Waals surface area contributed by atoms with Crippen LogP contribution in [-0.2, 0) is 0 Å². The second-order valence-corrected chi connectivity index (χ2v) is 5.28.